The van der Waals surface area contributed by atoms with Crippen molar-refractivity contribution in [3.8, 4) is 0 Å². The number of rotatable bonds is 13. The van der Waals surface area contributed by atoms with E-state index in [4.69, 9.17) is 24.8 Å². The van der Waals surface area contributed by atoms with Crippen molar-refractivity contribution in [3.05, 3.63) is 100 Å². The molecule has 0 aliphatic carbocycles. The summed E-state index contributed by atoms with van der Waals surface area (Å²) >= 11 is 0. The number of imidazole rings is 1. The SMILES string of the molecule is Cc1ccccc1CN(CCCn1ccnc1)Cc1coc2ccccc2c1=O.O=C(O)CC(O)(CC(=O)O)C(=O)O. The Labute approximate surface area is 241 Å². The number of para-hydroxylation sites is 1. The number of nitrogens with zero attached hydrogens (tertiary/aromatic N) is 3. The summed E-state index contributed by atoms with van der Waals surface area (Å²) in [6, 6.07) is 15.8. The Hall–Kier alpha value is -4.81. The minimum Gasteiger partial charge on any atom is -0.481 e. The van der Waals surface area contributed by atoms with Gasteiger partial charge < -0.3 is 29.4 Å². The average molecular weight is 580 g/mol. The summed E-state index contributed by atoms with van der Waals surface area (Å²) in [5.74, 6) is -5.02. The molecule has 0 bridgehead atoms. The van der Waals surface area contributed by atoms with E-state index in [2.05, 4.69) is 45.6 Å². The van der Waals surface area contributed by atoms with Gasteiger partial charge in [0.05, 0.1) is 30.8 Å². The summed E-state index contributed by atoms with van der Waals surface area (Å²) in [6.45, 7) is 5.26. The first kappa shape index (κ1) is 31.7. The van der Waals surface area contributed by atoms with Gasteiger partial charge in [0.15, 0.2) is 11.0 Å². The monoisotopic (exact) mass is 579 g/mol. The van der Waals surface area contributed by atoms with Gasteiger partial charge in [-0.05, 0) is 36.6 Å². The van der Waals surface area contributed by atoms with E-state index in [9.17, 15) is 19.2 Å². The molecular formula is C30H33N3O9. The molecule has 0 saturated carbocycles. The number of aromatic nitrogens is 2. The number of carboxylic acids is 3. The van der Waals surface area contributed by atoms with Crippen LogP contribution in [0.4, 0.5) is 0 Å². The highest BCUT2D eigenvalue weighted by molar-refractivity contribution is 5.88. The largest absolute Gasteiger partial charge is 0.481 e. The zero-order valence-corrected chi connectivity index (χ0v) is 23.0. The zero-order valence-electron chi connectivity index (χ0n) is 23.0. The highest BCUT2D eigenvalue weighted by Gasteiger charge is 2.40. The first-order valence-electron chi connectivity index (χ1n) is 13.1. The molecule has 0 saturated heterocycles. The van der Waals surface area contributed by atoms with Gasteiger partial charge in [-0.3, -0.25) is 19.3 Å². The summed E-state index contributed by atoms with van der Waals surface area (Å²) in [7, 11) is 0. The van der Waals surface area contributed by atoms with Gasteiger partial charge in [0.25, 0.3) is 0 Å². The molecule has 0 amide bonds. The Morgan fingerprint density at radius 3 is 2.21 bits per heavy atom. The maximum atomic E-state index is 12.9. The maximum absolute atomic E-state index is 12.9. The third-order valence-electron chi connectivity index (χ3n) is 6.54. The van der Waals surface area contributed by atoms with Crippen LogP contribution in [-0.4, -0.2) is 64.9 Å². The maximum Gasteiger partial charge on any atom is 0.336 e. The fourth-order valence-electron chi connectivity index (χ4n) is 4.32. The van der Waals surface area contributed by atoms with Gasteiger partial charge in [-0.1, -0.05) is 36.4 Å². The van der Waals surface area contributed by atoms with E-state index in [1.165, 1.54) is 11.1 Å². The molecule has 0 radical (unpaired) electrons. The van der Waals surface area contributed by atoms with Gasteiger partial charge in [0.1, 0.15) is 5.58 Å². The number of aliphatic hydroxyl groups is 1. The number of fused-ring (bicyclic) bond motifs is 1. The number of carbonyl (C=O) groups is 3. The number of aryl methyl sites for hydroxylation is 2. The second kappa shape index (κ2) is 14.7. The molecule has 0 spiro atoms. The second-order valence-corrected chi connectivity index (χ2v) is 9.86. The Bertz CT molecular complexity index is 1550. The molecule has 4 rings (SSSR count). The third kappa shape index (κ3) is 9.11. The van der Waals surface area contributed by atoms with Gasteiger partial charge >= 0.3 is 17.9 Å². The van der Waals surface area contributed by atoms with Crippen LogP contribution in [0.25, 0.3) is 11.0 Å². The molecule has 0 unspecified atom stereocenters. The van der Waals surface area contributed by atoms with Gasteiger partial charge in [-0.2, -0.15) is 0 Å². The predicted molar refractivity (Wildman–Crippen MR) is 152 cm³/mol. The second-order valence-electron chi connectivity index (χ2n) is 9.86. The Balaban J connectivity index is 0.000000316. The standard InChI is InChI=1S/C24H25N3O2.C6H8O7/c1-19-7-2-3-8-20(19)15-27(13-6-12-26-14-11-25-18-26)16-21-17-29-23-10-5-4-9-22(23)24(21)28;7-3(8)1-6(13,5(11)12)2-4(9)10/h2-5,7-11,14,17-18H,6,12-13,15-16H2,1H3;13H,1-2H2,(H,7,8)(H,9,10)(H,11,12). The summed E-state index contributed by atoms with van der Waals surface area (Å²) in [4.78, 5) is 49.9. The lowest BCUT2D eigenvalue weighted by atomic mass is 9.96. The summed E-state index contributed by atoms with van der Waals surface area (Å²) in [6.07, 6.45) is 5.91. The van der Waals surface area contributed by atoms with Gasteiger partial charge in [-0.15, -0.1) is 0 Å². The van der Waals surface area contributed by atoms with Crippen molar-refractivity contribution in [2.45, 2.75) is 51.4 Å². The van der Waals surface area contributed by atoms with Crippen LogP contribution in [-0.2, 0) is 34.0 Å². The van der Waals surface area contributed by atoms with E-state index in [-0.39, 0.29) is 5.43 Å². The number of hydrogen-bond acceptors (Lipinski definition) is 8. The smallest absolute Gasteiger partial charge is 0.336 e. The highest BCUT2D eigenvalue weighted by atomic mass is 16.4. The van der Waals surface area contributed by atoms with Crippen molar-refractivity contribution in [2.75, 3.05) is 6.54 Å². The van der Waals surface area contributed by atoms with Crippen LogP contribution in [0.15, 0.2) is 82.7 Å². The molecule has 2 aromatic heterocycles. The average Bonchev–Trinajstić information content (AvgIpc) is 3.44. The molecule has 0 aliphatic rings. The van der Waals surface area contributed by atoms with Crippen LogP contribution in [0.5, 0.6) is 0 Å². The molecule has 0 aliphatic heterocycles. The van der Waals surface area contributed by atoms with Crippen LogP contribution in [0.1, 0.15) is 36.0 Å². The zero-order chi connectivity index (χ0) is 30.7. The van der Waals surface area contributed by atoms with Gasteiger partial charge in [-0.25, -0.2) is 9.78 Å². The number of benzene rings is 2. The molecule has 0 fully saturated rings. The lowest BCUT2D eigenvalue weighted by molar-refractivity contribution is -0.170. The summed E-state index contributed by atoms with van der Waals surface area (Å²) in [5.41, 5.74) is 1.18. The van der Waals surface area contributed by atoms with Crippen LogP contribution < -0.4 is 5.43 Å². The number of aliphatic carboxylic acids is 3. The minimum absolute atomic E-state index is 0.0521. The highest BCUT2D eigenvalue weighted by Crippen LogP contribution is 2.17. The van der Waals surface area contributed by atoms with Crippen LogP contribution in [0.2, 0.25) is 0 Å². The Morgan fingerprint density at radius 1 is 0.952 bits per heavy atom. The molecule has 12 heteroatoms. The lowest BCUT2D eigenvalue weighted by Crippen LogP contribution is -2.42. The van der Waals surface area contributed by atoms with Crippen molar-refractivity contribution >= 4 is 28.9 Å². The number of hydrogen-bond donors (Lipinski definition) is 4. The van der Waals surface area contributed by atoms with E-state index in [1.54, 1.807) is 12.5 Å². The van der Waals surface area contributed by atoms with Crippen molar-refractivity contribution in [1.82, 2.24) is 14.5 Å². The topological polar surface area (TPSA) is 183 Å². The Morgan fingerprint density at radius 2 is 1.60 bits per heavy atom. The summed E-state index contributed by atoms with van der Waals surface area (Å²) < 4.78 is 7.80. The Kier molecular flexibility index (Phi) is 11.1. The van der Waals surface area contributed by atoms with Crippen LogP contribution in [0, 0.1) is 6.92 Å². The first-order valence-corrected chi connectivity index (χ1v) is 13.1. The normalized spacial score (nSPS) is 11.2. The first-order chi connectivity index (χ1) is 20.0. The van der Waals surface area contributed by atoms with E-state index in [1.807, 2.05) is 36.8 Å². The fourth-order valence-corrected chi connectivity index (χ4v) is 4.32. The third-order valence-corrected chi connectivity index (χ3v) is 6.54. The van der Waals surface area contributed by atoms with Gasteiger partial charge in [0.2, 0.25) is 0 Å². The van der Waals surface area contributed by atoms with Crippen molar-refractivity contribution in [3.63, 3.8) is 0 Å². The molecule has 2 aromatic carbocycles. The van der Waals surface area contributed by atoms with Crippen molar-refractivity contribution in [1.29, 1.82) is 0 Å². The molecule has 0 atom stereocenters. The van der Waals surface area contributed by atoms with Crippen LogP contribution in [0.3, 0.4) is 0 Å². The molecule has 2 heterocycles. The van der Waals surface area contributed by atoms with E-state index < -0.39 is 36.4 Å². The minimum atomic E-state index is -2.74. The van der Waals surface area contributed by atoms with Crippen LogP contribution >= 0.6 is 0 Å². The lowest BCUT2D eigenvalue weighted by Gasteiger charge is -2.23. The summed E-state index contributed by atoms with van der Waals surface area (Å²) in [5, 5.41) is 34.4. The molecule has 4 N–H and O–H groups in total. The van der Waals surface area contributed by atoms with E-state index >= 15 is 0 Å². The molecule has 4 aromatic rings. The van der Waals surface area contributed by atoms with E-state index in [0.29, 0.717) is 23.1 Å². The van der Waals surface area contributed by atoms with Gasteiger partial charge in [0, 0.05) is 44.1 Å². The number of carboxylic acid groups (broad SMARTS) is 3. The predicted octanol–water partition coefficient (Wildman–Crippen LogP) is 3.14. The fraction of sp³-hybridized carbons (Fsp3) is 0.300. The van der Waals surface area contributed by atoms with Crippen molar-refractivity contribution < 1.29 is 39.2 Å². The molecule has 12 nitrogen and oxygen atoms in total. The quantitative estimate of drug-likeness (QED) is 0.182. The van der Waals surface area contributed by atoms with Crippen molar-refractivity contribution in [2.24, 2.45) is 0 Å². The molecule has 222 valence electrons. The molecule has 42 heavy (non-hydrogen) atoms. The molecular weight excluding hydrogens is 546 g/mol. The van der Waals surface area contributed by atoms with E-state index in [0.717, 1.165) is 26.1 Å².